The van der Waals surface area contributed by atoms with E-state index in [4.69, 9.17) is 52.1 Å². The summed E-state index contributed by atoms with van der Waals surface area (Å²) in [6.45, 7) is 10.9. The van der Waals surface area contributed by atoms with Crippen LogP contribution in [0.4, 0.5) is 9.59 Å². The number of ether oxygens (including phenoxy) is 11. The molecule has 5 aromatic rings. The number of hydrogen-bond donors (Lipinski definition) is 0. The van der Waals surface area contributed by atoms with E-state index >= 15 is 0 Å². The number of unbranched alkanes of at least 4 members (excludes halogenated alkanes) is 2. The van der Waals surface area contributed by atoms with Gasteiger partial charge in [0.15, 0.2) is 12.2 Å². The van der Waals surface area contributed by atoms with Crippen molar-refractivity contribution in [1.29, 1.82) is 0 Å². The van der Waals surface area contributed by atoms with E-state index in [1.165, 1.54) is 6.92 Å². The van der Waals surface area contributed by atoms with Crippen LogP contribution in [0.2, 0.25) is 0 Å². The Bertz CT molecular complexity index is 2730. The van der Waals surface area contributed by atoms with Gasteiger partial charge >= 0.3 is 42.2 Å². The number of fused-ring (bicyclic) bond motifs is 3. The Hall–Kier alpha value is -8.09. The molecule has 4 atom stereocenters. The highest BCUT2D eigenvalue weighted by Crippen LogP contribution is 2.32. The topological polar surface area (TPSA) is 221 Å². The van der Waals surface area contributed by atoms with Crippen LogP contribution in [-0.2, 0) is 52.3 Å². The third-order valence-electron chi connectivity index (χ3n) is 10.6. The first-order chi connectivity index (χ1) is 34.3. The van der Waals surface area contributed by atoms with E-state index in [1.807, 2.05) is 19.1 Å². The second-order valence-corrected chi connectivity index (χ2v) is 15.9. The Balaban J connectivity index is 0.000000235. The minimum Gasteiger partial charge on any atom is -0.463 e. The van der Waals surface area contributed by atoms with Crippen LogP contribution in [0, 0.1) is 6.92 Å². The highest BCUT2D eigenvalue weighted by Gasteiger charge is 2.51. The van der Waals surface area contributed by atoms with Gasteiger partial charge < -0.3 is 52.1 Å². The number of carbonyl (C=O) groups is 7. The molecule has 18 heteroatoms. The normalized spacial score (nSPS) is 16.5. The number of carbonyl (C=O) groups excluding carboxylic acids is 7. The average Bonchev–Trinajstić information content (AvgIpc) is 3.96. The molecule has 0 aliphatic carbocycles. The number of esters is 5. The van der Waals surface area contributed by atoms with Gasteiger partial charge in [-0.25, -0.2) is 28.8 Å². The molecule has 71 heavy (non-hydrogen) atoms. The third kappa shape index (κ3) is 16.0. The average molecular weight is 977 g/mol. The minimum atomic E-state index is -0.852. The van der Waals surface area contributed by atoms with Crippen LogP contribution < -0.4 is 14.2 Å². The molecule has 5 aromatic carbocycles. The number of hydrogen-bond acceptors (Lipinski definition) is 18. The van der Waals surface area contributed by atoms with Crippen LogP contribution in [0.3, 0.4) is 0 Å². The van der Waals surface area contributed by atoms with Crippen molar-refractivity contribution in [2.24, 2.45) is 0 Å². The first-order valence-corrected chi connectivity index (χ1v) is 22.5. The van der Waals surface area contributed by atoms with E-state index < -0.39 is 66.6 Å². The van der Waals surface area contributed by atoms with Crippen molar-refractivity contribution in [3.05, 3.63) is 139 Å². The van der Waals surface area contributed by atoms with Gasteiger partial charge in [0.2, 0.25) is 0 Å². The Labute approximate surface area is 408 Å². The van der Waals surface area contributed by atoms with Gasteiger partial charge in [-0.3, -0.25) is 4.79 Å². The number of rotatable bonds is 19. The summed E-state index contributed by atoms with van der Waals surface area (Å²) in [7, 11) is 0. The summed E-state index contributed by atoms with van der Waals surface area (Å²) in [6.07, 6.45) is 0.500. The zero-order valence-corrected chi connectivity index (χ0v) is 39.0. The van der Waals surface area contributed by atoms with Crippen molar-refractivity contribution in [3.63, 3.8) is 0 Å². The number of aryl methyl sites for hydroxylation is 1. The first-order valence-electron chi connectivity index (χ1n) is 22.5. The van der Waals surface area contributed by atoms with Crippen LogP contribution in [0.5, 0.6) is 17.2 Å². The molecule has 2 aliphatic rings. The van der Waals surface area contributed by atoms with Crippen molar-refractivity contribution in [2.75, 3.05) is 39.6 Å². The van der Waals surface area contributed by atoms with Gasteiger partial charge in [0.05, 0.1) is 50.8 Å². The monoisotopic (exact) mass is 976 g/mol. The molecule has 372 valence electrons. The minimum absolute atomic E-state index is 0.118. The first kappa shape index (κ1) is 52.3. The molecular formula is C53H52O18. The Morgan fingerprint density at radius 3 is 1.38 bits per heavy atom. The predicted octanol–water partition coefficient (Wildman–Crippen LogP) is 8.51. The maximum absolute atomic E-state index is 12.8. The molecule has 7 rings (SSSR count). The highest BCUT2D eigenvalue weighted by atomic mass is 16.7. The van der Waals surface area contributed by atoms with Crippen LogP contribution in [0.15, 0.2) is 122 Å². The van der Waals surface area contributed by atoms with Crippen molar-refractivity contribution in [2.45, 2.75) is 63.9 Å². The van der Waals surface area contributed by atoms with Crippen molar-refractivity contribution in [1.82, 2.24) is 0 Å². The molecule has 0 N–H and O–H groups in total. The summed E-state index contributed by atoms with van der Waals surface area (Å²) in [5.41, 5.74) is 1.83. The lowest BCUT2D eigenvalue weighted by molar-refractivity contribution is -0.151. The highest BCUT2D eigenvalue weighted by molar-refractivity contribution is 5.97. The maximum Gasteiger partial charge on any atom is 0.513 e. The Kier molecular flexibility index (Phi) is 19.2. The fourth-order valence-corrected chi connectivity index (χ4v) is 7.08. The Morgan fingerprint density at radius 1 is 0.507 bits per heavy atom. The molecule has 0 amide bonds. The molecule has 2 fully saturated rings. The standard InChI is InChI=1S/C27H28O11.C26H24O7/c1-3-23(29)32-10-4-5-11-33-27(31)37-20-9-8-17-12-19(7-6-18(17)13-20)26(30)38-22-15-35-24-21(36-16(2)28)14-34-25(22)24;1-3-24(27)30-14-4-5-15-31-26(29)33-23-13-10-19-16-21(9-8-20(19)17-23)25(28)32-22-11-6-18(2)7-12-22/h3,6-9,12-13,21-22,24-25H,1,4-5,10-11,14-15H2,2H3;3,6-13,16-17H,1,4-5,14-15H2,2H3/t21-,22-,24?,25?;/m1./s1. The van der Waals surface area contributed by atoms with E-state index in [2.05, 4.69) is 13.2 Å². The molecule has 2 unspecified atom stereocenters. The zero-order chi connectivity index (χ0) is 50.7. The van der Waals surface area contributed by atoms with E-state index in [1.54, 1.807) is 84.9 Å². The van der Waals surface area contributed by atoms with Gasteiger partial charge in [-0.15, -0.1) is 0 Å². The van der Waals surface area contributed by atoms with Gasteiger partial charge in [-0.05, 0) is 115 Å². The lowest BCUT2D eigenvalue weighted by Gasteiger charge is -2.17. The molecule has 0 bridgehead atoms. The lowest BCUT2D eigenvalue weighted by Crippen LogP contribution is -2.35. The Morgan fingerprint density at radius 2 is 0.915 bits per heavy atom. The molecular weight excluding hydrogens is 925 g/mol. The summed E-state index contributed by atoms with van der Waals surface area (Å²) >= 11 is 0. The van der Waals surface area contributed by atoms with Gasteiger partial charge in [0.1, 0.15) is 29.5 Å². The molecule has 0 radical (unpaired) electrons. The number of benzene rings is 5. The summed E-state index contributed by atoms with van der Waals surface area (Å²) in [5.74, 6) is -1.32. The van der Waals surface area contributed by atoms with Gasteiger partial charge in [-0.2, -0.15) is 0 Å². The fraction of sp³-hybridized carbons (Fsp3) is 0.302. The smallest absolute Gasteiger partial charge is 0.463 e. The fourth-order valence-electron chi connectivity index (χ4n) is 7.08. The van der Waals surface area contributed by atoms with Crippen molar-refractivity contribution >= 4 is 63.7 Å². The SMILES string of the molecule is C=CC(=O)OCCCCOC(=O)Oc1ccc2cc(C(=O)O[C@@H]3COC4C3OC[C@H]4OC(C)=O)ccc2c1.C=CC(=O)OCCCCOC(=O)Oc1ccc2cc(C(=O)Oc3ccc(C)cc3)ccc2c1. The molecule has 18 nitrogen and oxygen atoms in total. The van der Waals surface area contributed by atoms with Gasteiger partial charge in [0.25, 0.3) is 0 Å². The van der Waals surface area contributed by atoms with Gasteiger partial charge in [-0.1, -0.05) is 55.1 Å². The summed E-state index contributed by atoms with van der Waals surface area (Å²) in [5, 5.41) is 3.06. The van der Waals surface area contributed by atoms with E-state index in [0.717, 1.165) is 39.3 Å². The molecule has 2 aliphatic heterocycles. The van der Waals surface area contributed by atoms with Crippen molar-refractivity contribution in [3.8, 4) is 17.2 Å². The summed E-state index contributed by atoms with van der Waals surface area (Å²) < 4.78 is 57.7. The lowest BCUT2D eigenvalue weighted by atomic mass is 10.1. The zero-order valence-electron chi connectivity index (χ0n) is 39.0. The van der Waals surface area contributed by atoms with Crippen LogP contribution >= 0.6 is 0 Å². The van der Waals surface area contributed by atoms with Crippen LogP contribution in [0.25, 0.3) is 21.5 Å². The second-order valence-electron chi connectivity index (χ2n) is 15.9. The molecule has 0 saturated carbocycles. The maximum atomic E-state index is 12.8. The van der Waals surface area contributed by atoms with Crippen LogP contribution in [-0.4, -0.2) is 106 Å². The third-order valence-corrected chi connectivity index (χ3v) is 10.6. The molecule has 2 heterocycles. The van der Waals surface area contributed by atoms with Crippen LogP contribution in [0.1, 0.15) is 58.9 Å². The predicted molar refractivity (Wildman–Crippen MR) is 253 cm³/mol. The molecule has 2 saturated heterocycles. The van der Waals surface area contributed by atoms with E-state index in [0.29, 0.717) is 48.3 Å². The summed E-state index contributed by atoms with van der Waals surface area (Å²) in [4.78, 5) is 82.2. The quantitative estimate of drug-likeness (QED) is 0.0189. The van der Waals surface area contributed by atoms with E-state index in [-0.39, 0.29) is 45.4 Å². The van der Waals surface area contributed by atoms with Gasteiger partial charge in [0, 0.05) is 19.1 Å². The summed E-state index contributed by atoms with van der Waals surface area (Å²) in [6, 6.07) is 27.3. The molecule has 0 spiro atoms. The second kappa shape index (κ2) is 26.0. The molecule has 0 aromatic heterocycles. The van der Waals surface area contributed by atoms with E-state index in [9.17, 15) is 33.6 Å². The largest absolute Gasteiger partial charge is 0.513 e. The van der Waals surface area contributed by atoms with Crippen molar-refractivity contribution < 1.29 is 85.7 Å².